The molecule has 0 fully saturated rings. The van der Waals surface area contributed by atoms with Crippen LogP contribution in [0.2, 0.25) is 0 Å². The minimum absolute atomic E-state index is 0.477. The quantitative estimate of drug-likeness (QED) is 0.581. The van der Waals surface area contributed by atoms with Gasteiger partial charge >= 0.3 is 0 Å². The van der Waals surface area contributed by atoms with Gasteiger partial charge < -0.3 is 5.32 Å². The zero-order chi connectivity index (χ0) is 8.72. The molecule has 2 rings (SSSR count). The van der Waals surface area contributed by atoms with Gasteiger partial charge in [0.25, 0.3) is 0 Å². The number of aromatic nitrogens is 2. The van der Waals surface area contributed by atoms with Gasteiger partial charge in [0, 0.05) is 17.5 Å². The van der Waals surface area contributed by atoms with E-state index in [4.69, 9.17) is 0 Å². The maximum atomic E-state index is 4.19. The lowest BCUT2D eigenvalue weighted by Crippen LogP contribution is -2.13. The molecule has 0 amide bonds. The highest BCUT2D eigenvalue weighted by Gasteiger charge is 2.28. The summed E-state index contributed by atoms with van der Waals surface area (Å²) in [5.74, 6) is 1.53. The molecule has 12 heavy (non-hydrogen) atoms. The molecule has 0 bridgehead atoms. The van der Waals surface area contributed by atoms with E-state index in [0.717, 1.165) is 9.52 Å². The third kappa shape index (κ3) is 1.09. The number of nitrogens with one attached hydrogen (secondary N) is 1. The minimum Gasteiger partial charge on any atom is -0.367 e. The Morgan fingerprint density at radius 3 is 2.83 bits per heavy atom. The topological polar surface area (TPSA) is 37.8 Å². The van der Waals surface area contributed by atoms with Gasteiger partial charge in [-0.05, 0) is 29.5 Å². The predicted molar refractivity (Wildman–Crippen MR) is 56.2 cm³/mol. The second-order valence-electron chi connectivity index (χ2n) is 3.15. The van der Waals surface area contributed by atoms with Crippen molar-refractivity contribution < 1.29 is 0 Å². The number of hydrogen-bond donors (Lipinski definition) is 1. The maximum absolute atomic E-state index is 4.19. The molecular formula is C8H10IN3. The standard InChI is InChI=1S/C8H10IN3/c1-4-5(2)12-8-6(4)7(9)10-3-11-8/h3-5H,1-2H3,(H,10,11,12). The summed E-state index contributed by atoms with van der Waals surface area (Å²) in [6.45, 7) is 4.37. The number of rotatable bonds is 0. The smallest absolute Gasteiger partial charge is 0.134 e. The average molecular weight is 275 g/mol. The molecule has 2 unspecified atom stereocenters. The fourth-order valence-electron chi connectivity index (χ4n) is 1.48. The van der Waals surface area contributed by atoms with E-state index in [-0.39, 0.29) is 0 Å². The van der Waals surface area contributed by atoms with Gasteiger partial charge in [0.2, 0.25) is 0 Å². The van der Waals surface area contributed by atoms with E-state index < -0.39 is 0 Å². The van der Waals surface area contributed by atoms with E-state index in [1.807, 2.05) is 0 Å². The molecule has 2 heterocycles. The number of halogens is 1. The molecule has 4 heteroatoms. The molecule has 0 aromatic carbocycles. The van der Waals surface area contributed by atoms with Gasteiger partial charge in [-0.15, -0.1) is 0 Å². The number of anilines is 1. The Bertz CT molecular complexity index is 313. The van der Waals surface area contributed by atoms with E-state index in [1.165, 1.54) is 5.56 Å². The molecule has 1 aromatic rings. The Morgan fingerprint density at radius 2 is 2.17 bits per heavy atom. The van der Waals surface area contributed by atoms with Crippen LogP contribution in [0.4, 0.5) is 5.82 Å². The van der Waals surface area contributed by atoms with Crippen LogP contribution in [-0.4, -0.2) is 16.0 Å². The summed E-state index contributed by atoms with van der Waals surface area (Å²) in [7, 11) is 0. The summed E-state index contributed by atoms with van der Waals surface area (Å²) >= 11 is 2.26. The van der Waals surface area contributed by atoms with Gasteiger partial charge in [-0.3, -0.25) is 0 Å². The predicted octanol–water partition coefficient (Wildman–Crippen LogP) is 2.00. The van der Waals surface area contributed by atoms with Crippen LogP contribution in [0.5, 0.6) is 0 Å². The molecule has 0 aliphatic carbocycles. The van der Waals surface area contributed by atoms with Crippen molar-refractivity contribution in [1.82, 2.24) is 9.97 Å². The molecule has 0 saturated heterocycles. The highest BCUT2D eigenvalue weighted by molar-refractivity contribution is 14.1. The zero-order valence-corrected chi connectivity index (χ0v) is 9.16. The molecule has 0 saturated carbocycles. The molecular weight excluding hydrogens is 265 g/mol. The fourth-order valence-corrected chi connectivity index (χ4v) is 2.35. The SMILES string of the molecule is CC1Nc2ncnc(I)c2C1C. The minimum atomic E-state index is 0.477. The second-order valence-corrected chi connectivity index (χ2v) is 4.17. The Labute approximate surface area is 85.1 Å². The van der Waals surface area contributed by atoms with Gasteiger partial charge in [-0.2, -0.15) is 0 Å². The van der Waals surface area contributed by atoms with E-state index in [2.05, 4.69) is 51.7 Å². The number of hydrogen-bond acceptors (Lipinski definition) is 3. The molecule has 1 aliphatic heterocycles. The summed E-state index contributed by atoms with van der Waals surface area (Å²) in [4.78, 5) is 8.37. The van der Waals surface area contributed by atoms with Gasteiger partial charge in [0.05, 0.1) is 0 Å². The van der Waals surface area contributed by atoms with Crippen molar-refractivity contribution in [3.05, 3.63) is 15.6 Å². The van der Waals surface area contributed by atoms with Gasteiger partial charge in [0.1, 0.15) is 15.8 Å². The molecule has 1 aromatic heterocycles. The monoisotopic (exact) mass is 275 g/mol. The Kier molecular flexibility index (Phi) is 1.94. The lowest BCUT2D eigenvalue weighted by molar-refractivity contribution is 0.685. The Morgan fingerprint density at radius 1 is 1.42 bits per heavy atom. The van der Waals surface area contributed by atoms with Crippen molar-refractivity contribution in [3.8, 4) is 0 Å². The van der Waals surface area contributed by atoms with Gasteiger partial charge in [-0.25, -0.2) is 9.97 Å². The van der Waals surface area contributed by atoms with Gasteiger partial charge in [0.15, 0.2) is 0 Å². The first-order chi connectivity index (χ1) is 5.70. The van der Waals surface area contributed by atoms with Crippen molar-refractivity contribution in [2.45, 2.75) is 25.8 Å². The third-order valence-corrected chi connectivity index (χ3v) is 3.26. The summed E-state index contributed by atoms with van der Waals surface area (Å²) in [6, 6.07) is 0.477. The van der Waals surface area contributed by atoms with Crippen LogP contribution >= 0.6 is 22.6 Å². The molecule has 64 valence electrons. The summed E-state index contributed by atoms with van der Waals surface area (Å²) in [6.07, 6.45) is 1.61. The van der Waals surface area contributed by atoms with E-state index in [0.29, 0.717) is 12.0 Å². The fraction of sp³-hybridized carbons (Fsp3) is 0.500. The van der Waals surface area contributed by atoms with Crippen LogP contribution in [0.15, 0.2) is 6.33 Å². The first-order valence-electron chi connectivity index (χ1n) is 3.97. The van der Waals surface area contributed by atoms with Crippen LogP contribution in [0, 0.1) is 3.70 Å². The number of fused-ring (bicyclic) bond motifs is 1. The van der Waals surface area contributed by atoms with E-state index in [9.17, 15) is 0 Å². The van der Waals surface area contributed by atoms with Gasteiger partial charge in [-0.1, -0.05) is 6.92 Å². The molecule has 0 radical (unpaired) electrons. The van der Waals surface area contributed by atoms with Crippen molar-refractivity contribution in [2.75, 3.05) is 5.32 Å². The first-order valence-corrected chi connectivity index (χ1v) is 5.05. The first kappa shape index (κ1) is 8.22. The van der Waals surface area contributed by atoms with Crippen LogP contribution in [0.25, 0.3) is 0 Å². The van der Waals surface area contributed by atoms with Crippen LogP contribution in [0.3, 0.4) is 0 Å². The third-order valence-electron chi connectivity index (χ3n) is 2.41. The van der Waals surface area contributed by atoms with Crippen LogP contribution in [-0.2, 0) is 0 Å². The largest absolute Gasteiger partial charge is 0.367 e. The lowest BCUT2D eigenvalue weighted by Gasteiger charge is -2.08. The maximum Gasteiger partial charge on any atom is 0.134 e. The Balaban J connectivity index is 2.55. The highest BCUT2D eigenvalue weighted by Crippen LogP contribution is 2.35. The molecule has 1 aliphatic rings. The second kappa shape index (κ2) is 2.83. The van der Waals surface area contributed by atoms with Crippen LogP contribution < -0.4 is 5.32 Å². The molecule has 1 N–H and O–H groups in total. The summed E-state index contributed by atoms with van der Waals surface area (Å²) < 4.78 is 1.07. The van der Waals surface area contributed by atoms with E-state index >= 15 is 0 Å². The average Bonchev–Trinajstić information content (AvgIpc) is 2.29. The van der Waals surface area contributed by atoms with Crippen molar-refractivity contribution in [1.29, 1.82) is 0 Å². The van der Waals surface area contributed by atoms with Crippen molar-refractivity contribution in [3.63, 3.8) is 0 Å². The number of nitrogens with zero attached hydrogens (tertiary/aromatic N) is 2. The van der Waals surface area contributed by atoms with Crippen LogP contribution in [0.1, 0.15) is 25.3 Å². The lowest BCUT2D eigenvalue weighted by atomic mass is 10.0. The van der Waals surface area contributed by atoms with Crippen molar-refractivity contribution in [2.24, 2.45) is 0 Å². The molecule has 2 atom stereocenters. The van der Waals surface area contributed by atoms with E-state index in [1.54, 1.807) is 6.33 Å². The summed E-state index contributed by atoms with van der Waals surface area (Å²) in [5, 5.41) is 3.33. The van der Waals surface area contributed by atoms with Crippen molar-refractivity contribution >= 4 is 28.4 Å². The summed E-state index contributed by atoms with van der Waals surface area (Å²) in [5.41, 5.74) is 1.27. The molecule has 0 spiro atoms. The molecule has 3 nitrogen and oxygen atoms in total. The highest BCUT2D eigenvalue weighted by atomic mass is 127. The normalized spacial score (nSPS) is 26.6. The zero-order valence-electron chi connectivity index (χ0n) is 7.00. The Hall–Kier alpha value is -0.390.